The molecule has 0 spiro atoms. The van der Waals surface area contributed by atoms with Crippen LogP contribution in [0.2, 0.25) is 0 Å². The first-order chi connectivity index (χ1) is 20.1. The van der Waals surface area contributed by atoms with E-state index >= 15 is 0 Å². The summed E-state index contributed by atoms with van der Waals surface area (Å²) in [6.07, 6.45) is 3.04. The zero-order chi connectivity index (χ0) is 28.4. The lowest BCUT2D eigenvalue weighted by molar-refractivity contribution is -0.142. The Morgan fingerprint density at radius 3 is 2.49 bits per heavy atom. The number of amides is 2. The van der Waals surface area contributed by atoms with E-state index in [1.165, 1.54) is 0 Å². The van der Waals surface area contributed by atoms with Gasteiger partial charge in [-0.05, 0) is 48.2 Å². The second-order valence-electron chi connectivity index (χ2n) is 10.5. The van der Waals surface area contributed by atoms with Gasteiger partial charge in [0.1, 0.15) is 5.76 Å². The van der Waals surface area contributed by atoms with Crippen molar-refractivity contribution in [3.05, 3.63) is 83.8 Å². The van der Waals surface area contributed by atoms with E-state index in [9.17, 15) is 9.59 Å². The second-order valence-corrected chi connectivity index (χ2v) is 10.5. The molecule has 2 amide bonds. The number of morpholine rings is 1. The third kappa shape index (κ3) is 7.68. The van der Waals surface area contributed by atoms with Crippen molar-refractivity contribution in [2.24, 2.45) is 0 Å². The van der Waals surface area contributed by atoms with Gasteiger partial charge < -0.3 is 28.4 Å². The van der Waals surface area contributed by atoms with E-state index < -0.39 is 0 Å². The number of furan rings is 1. The fraction of sp³-hybridized carbons (Fsp3) is 0.438. The summed E-state index contributed by atoms with van der Waals surface area (Å²) in [7, 11) is 0. The van der Waals surface area contributed by atoms with Gasteiger partial charge in [-0.15, -0.1) is 0 Å². The molecule has 1 atom stereocenters. The fourth-order valence-corrected chi connectivity index (χ4v) is 5.38. The van der Waals surface area contributed by atoms with Gasteiger partial charge in [-0.3, -0.25) is 14.5 Å². The zero-order valence-electron chi connectivity index (χ0n) is 23.7. The summed E-state index contributed by atoms with van der Waals surface area (Å²) in [5, 5.41) is 0. The largest absolute Gasteiger partial charge is 0.467 e. The first-order valence-corrected chi connectivity index (χ1v) is 14.4. The topological polar surface area (TPSA) is 84.7 Å². The molecule has 9 heteroatoms. The van der Waals surface area contributed by atoms with E-state index in [2.05, 4.69) is 4.90 Å². The number of hydrogen-bond donors (Lipinski definition) is 0. The standard InChI is InChI=1S/C32H39N3O6/c1-2-28(26-8-4-3-5-9-26)32(37)34(14-7-13-33-15-18-38-19-16-33)23-31(36)35(22-27-10-6-17-39-27)21-25-11-12-29-30(20-25)41-24-40-29/h3-6,8-12,17,20,28H,2,7,13-16,18-19,21-24H2,1H3. The molecule has 3 heterocycles. The summed E-state index contributed by atoms with van der Waals surface area (Å²) in [6.45, 7) is 7.46. The first-order valence-electron chi connectivity index (χ1n) is 14.4. The van der Waals surface area contributed by atoms with Crippen molar-refractivity contribution in [1.82, 2.24) is 14.7 Å². The maximum Gasteiger partial charge on any atom is 0.242 e. The number of benzene rings is 2. The van der Waals surface area contributed by atoms with Crippen LogP contribution in [0.3, 0.4) is 0 Å². The third-order valence-electron chi connectivity index (χ3n) is 7.64. The molecule has 41 heavy (non-hydrogen) atoms. The molecule has 218 valence electrons. The summed E-state index contributed by atoms with van der Waals surface area (Å²) >= 11 is 0. The number of rotatable bonds is 13. The van der Waals surface area contributed by atoms with Crippen LogP contribution >= 0.6 is 0 Å². The quantitative estimate of drug-likeness (QED) is 0.308. The maximum atomic E-state index is 14.0. The van der Waals surface area contributed by atoms with Crippen molar-refractivity contribution in [2.75, 3.05) is 52.7 Å². The van der Waals surface area contributed by atoms with Gasteiger partial charge in [-0.2, -0.15) is 0 Å². The molecule has 0 bridgehead atoms. The van der Waals surface area contributed by atoms with Crippen molar-refractivity contribution in [3.8, 4) is 11.5 Å². The number of nitrogens with zero attached hydrogens (tertiary/aromatic N) is 3. The molecule has 9 nitrogen and oxygen atoms in total. The third-order valence-corrected chi connectivity index (χ3v) is 7.64. The van der Waals surface area contributed by atoms with Crippen LogP contribution in [0.4, 0.5) is 0 Å². The highest BCUT2D eigenvalue weighted by Gasteiger charge is 2.28. The van der Waals surface area contributed by atoms with Crippen molar-refractivity contribution >= 4 is 11.8 Å². The summed E-state index contributed by atoms with van der Waals surface area (Å²) in [5.41, 5.74) is 1.88. The summed E-state index contributed by atoms with van der Waals surface area (Å²) < 4.78 is 22.1. The SMILES string of the molecule is CCC(C(=O)N(CCCN1CCOCC1)CC(=O)N(Cc1ccc2c(c1)OCO2)Cc1ccco1)c1ccccc1. The minimum Gasteiger partial charge on any atom is -0.467 e. The Balaban J connectivity index is 1.33. The van der Waals surface area contributed by atoms with Crippen LogP contribution in [0.5, 0.6) is 11.5 Å². The van der Waals surface area contributed by atoms with E-state index in [1.54, 1.807) is 16.1 Å². The molecular formula is C32H39N3O6. The summed E-state index contributed by atoms with van der Waals surface area (Å²) in [5.74, 6) is 1.58. The summed E-state index contributed by atoms with van der Waals surface area (Å²) in [4.78, 5) is 33.8. The molecule has 2 aromatic carbocycles. The van der Waals surface area contributed by atoms with Gasteiger partial charge in [0, 0.05) is 32.7 Å². The van der Waals surface area contributed by atoms with Gasteiger partial charge in [0.15, 0.2) is 11.5 Å². The molecule has 1 fully saturated rings. The Morgan fingerprint density at radius 2 is 1.73 bits per heavy atom. The highest BCUT2D eigenvalue weighted by molar-refractivity contribution is 5.88. The molecular weight excluding hydrogens is 522 g/mol. The van der Waals surface area contributed by atoms with E-state index in [-0.39, 0.29) is 31.1 Å². The highest BCUT2D eigenvalue weighted by Crippen LogP contribution is 2.33. The Labute approximate surface area is 241 Å². The highest BCUT2D eigenvalue weighted by atomic mass is 16.7. The number of fused-ring (bicyclic) bond motifs is 1. The van der Waals surface area contributed by atoms with E-state index in [1.807, 2.05) is 67.6 Å². The molecule has 1 saturated heterocycles. The van der Waals surface area contributed by atoms with Crippen LogP contribution in [0, 0.1) is 0 Å². The van der Waals surface area contributed by atoms with Crippen molar-refractivity contribution < 1.29 is 28.2 Å². The van der Waals surface area contributed by atoms with Crippen LogP contribution in [0.1, 0.15) is 42.6 Å². The van der Waals surface area contributed by atoms with Gasteiger partial charge >= 0.3 is 0 Å². The maximum absolute atomic E-state index is 14.0. The van der Waals surface area contributed by atoms with Crippen LogP contribution in [0.25, 0.3) is 0 Å². The zero-order valence-corrected chi connectivity index (χ0v) is 23.7. The Morgan fingerprint density at radius 1 is 0.927 bits per heavy atom. The van der Waals surface area contributed by atoms with Crippen LogP contribution in [-0.2, 0) is 27.4 Å². The molecule has 2 aliphatic rings. The van der Waals surface area contributed by atoms with Crippen LogP contribution in [-0.4, -0.2) is 79.2 Å². The first kappa shape index (κ1) is 28.7. The number of carbonyl (C=O) groups is 2. The van der Waals surface area contributed by atoms with Gasteiger partial charge in [0.25, 0.3) is 0 Å². The molecule has 1 unspecified atom stereocenters. The fourth-order valence-electron chi connectivity index (χ4n) is 5.38. The molecule has 0 radical (unpaired) electrons. The molecule has 0 saturated carbocycles. The van der Waals surface area contributed by atoms with Crippen LogP contribution < -0.4 is 9.47 Å². The van der Waals surface area contributed by atoms with E-state index in [0.717, 1.165) is 50.4 Å². The van der Waals surface area contributed by atoms with Crippen LogP contribution in [0.15, 0.2) is 71.3 Å². The predicted octanol–water partition coefficient (Wildman–Crippen LogP) is 4.28. The smallest absolute Gasteiger partial charge is 0.242 e. The molecule has 5 rings (SSSR count). The molecule has 1 aromatic heterocycles. The molecule has 3 aromatic rings. The second kappa shape index (κ2) is 14.2. The number of hydrogen-bond acceptors (Lipinski definition) is 7. The minimum atomic E-state index is -0.306. The van der Waals surface area contributed by atoms with Crippen molar-refractivity contribution in [1.29, 1.82) is 0 Å². The van der Waals surface area contributed by atoms with Gasteiger partial charge in [0.05, 0.1) is 38.5 Å². The summed E-state index contributed by atoms with van der Waals surface area (Å²) in [6, 6.07) is 19.2. The Hall–Kier alpha value is -3.82. The monoisotopic (exact) mass is 561 g/mol. The Bertz CT molecular complexity index is 1260. The number of ether oxygens (including phenoxy) is 3. The molecule has 0 aliphatic carbocycles. The minimum absolute atomic E-state index is 0.00343. The van der Waals surface area contributed by atoms with Gasteiger partial charge in [-0.1, -0.05) is 43.3 Å². The lowest BCUT2D eigenvalue weighted by Crippen LogP contribution is -2.45. The lowest BCUT2D eigenvalue weighted by atomic mass is 9.95. The van der Waals surface area contributed by atoms with Crippen molar-refractivity contribution in [3.63, 3.8) is 0 Å². The van der Waals surface area contributed by atoms with Crippen molar-refractivity contribution in [2.45, 2.75) is 38.8 Å². The average Bonchev–Trinajstić information content (AvgIpc) is 3.70. The predicted molar refractivity (Wildman–Crippen MR) is 153 cm³/mol. The van der Waals surface area contributed by atoms with Gasteiger partial charge in [0.2, 0.25) is 18.6 Å². The van der Waals surface area contributed by atoms with E-state index in [4.69, 9.17) is 18.6 Å². The average molecular weight is 562 g/mol. The normalized spacial score (nSPS) is 15.4. The Kier molecular flexibility index (Phi) is 9.93. The van der Waals surface area contributed by atoms with Gasteiger partial charge in [-0.25, -0.2) is 0 Å². The molecule has 2 aliphatic heterocycles. The lowest BCUT2D eigenvalue weighted by Gasteiger charge is -2.31. The molecule has 0 N–H and O–H groups in total. The number of carbonyl (C=O) groups excluding carboxylic acids is 2. The van der Waals surface area contributed by atoms with E-state index in [0.29, 0.717) is 43.3 Å².